The lowest BCUT2D eigenvalue weighted by molar-refractivity contribution is -0.126. The number of Topliss-reactive ketones (excluding diaryl/α,β-unsaturated/α-hetero) is 1. The van der Waals surface area contributed by atoms with Crippen molar-refractivity contribution in [3.05, 3.63) is 89.9 Å². The van der Waals surface area contributed by atoms with Crippen LogP contribution in [0.25, 0.3) is 0 Å². The van der Waals surface area contributed by atoms with Gasteiger partial charge in [0.15, 0.2) is 5.78 Å². The van der Waals surface area contributed by atoms with Crippen molar-refractivity contribution in [1.29, 1.82) is 0 Å². The van der Waals surface area contributed by atoms with Crippen molar-refractivity contribution in [3.63, 3.8) is 0 Å². The van der Waals surface area contributed by atoms with Gasteiger partial charge in [-0.25, -0.2) is 8.42 Å². The van der Waals surface area contributed by atoms with Crippen molar-refractivity contribution in [1.82, 2.24) is 9.62 Å². The highest BCUT2D eigenvalue weighted by atomic mass is 32.2. The Morgan fingerprint density at radius 2 is 1.64 bits per heavy atom. The van der Waals surface area contributed by atoms with E-state index in [-0.39, 0.29) is 35.6 Å². The Bertz CT molecular complexity index is 1200. The van der Waals surface area contributed by atoms with Crippen LogP contribution in [-0.4, -0.2) is 37.5 Å². The van der Waals surface area contributed by atoms with Crippen LogP contribution in [0, 0.1) is 5.92 Å². The first-order chi connectivity index (χ1) is 15.9. The summed E-state index contributed by atoms with van der Waals surface area (Å²) < 4.78 is 32.9. The van der Waals surface area contributed by atoms with Gasteiger partial charge in [-0.05, 0) is 49.6 Å². The molecule has 1 aliphatic heterocycles. The van der Waals surface area contributed by atoms with Crippen molar-refractivity contribution >= 4 is 21.7 Å². The maximum absolute atomic E-state index is 13.1. The topological polar surface area (TPSA) is 96.7 Å². The number of hydrogen-bond acceptors (Lipinski definition) is 5. The molecule has 1 N–H and O–H groups in total. The van der Waals surface area contributed by atoms with Gasteiger partial charge in [-0.3, -0.25) is 9.59 Å². The fraction of sp³-hybridized carbons (Fsp3) is 0.280. The third-order valence-electron chi connectivity index (χ3n) is 5.97. The first-order valence-electron chi connectivity index (χ1n) is 10.9. The largest absolute Gasteiger partial charge is 0.467 e. The summed E-state index contributed by atoms with van der Waals surface area (Å²) in [6.07, 6.45) is 2.43. The fourth-order valence-corrected chi connectivity index (χ4v) is 5.52. The summed E-state index contributed by atoms with van der Waals surface area (Å²) >= 11 is 0. The van der Waals surface area contributed by atoms with Crippen molar-refractivity contribution in [2.45, 2.75) is 30.7 Å². The number of sulfonamides is 1. The summed E-state index contributed by atoms with van der Waals surface area (Å²) in [5.74, 6) is 0.110. The van der Waals surface area contributed by atoms with Gasteiger partial charge in [0.05, 0.1) is 11.2 Å². The van der Waals surface area contributed by atoms with E-state index in [1.54, 1.807) is 12.3 Å². The monoisotopic (exact) mass is 466 g/mol. The van der Waals surface area contributed by atoms with Crippen LogP contribution in [0.15, 0.2) is 82.3 Å². The summed E-state index contributed by atoms with van der Waals surface area (Å²) in [7, 11) is -3.68. The van der Waals surface area contributed by atoms with Crippen LogP contribution in [0.4, 0.5) is 0 Å². The van der Waals surface area contributed by atoms with E-state index in [2.05, 4.69) is 5.32 Å². The molecule has 2 heterocycles. The third kappa shape index (κ3) is 5.07. The van der Waals surface area contributed by atoms with Crippen LogP contribution in [0.2, 0.25) is 0 Å². The van der Waals surface area contributed by atoms with E-state index in [0.717, 1.165) is 5.56 Å². The molecule has 0 aliphatic carbocycles. The molecule has 7 nitrogen and oxygen atoms in total. The number of furan rings is 1. The molecule has 3 aromatic rings. The number of nitrogens with zero attached hydrogens (tertiary/aromatic N) is 1. The second-order valence-corrected chi connectivity index (χ2v) is 10.1. The molecule has 0 saturated carbocycles. The van der Waals surface area contributed by atoms with Crippen molar-refractivity contribution < 1.29 is 22.4 Å². The zero-order valence-corrected chi connectivity index (χ0v) is 19.1. The molecular formula is C25H26N2O5S. The van der Waals surface area contributed by atoms with E-state index in [1.807, 2.05) is 36.4 Å². The lowest BCUT2D eigenvalue weighted by Crippen LogP contribution is -2.43. The molecule has 0 spiro atoms. The van der Waals surface area contributed by atoms with Crippen LogP contribution >= 0.6 is 0 Å². The van der Waals surface area contributed by atoms with Crippen LogP contribution in [0.1, 0.15) is 47.5 Å². The summed E-state index contributed by atoms with van der Waals surface area (Å²) in [5, 5.41) is 3.07. The maximum atomic E-state index is 13.1. The minimum Gasteiger partial charge on any atom is -0.467 e. The first-order valence-corrected chi connectivity index (χ1v) is 12.3. The summed E-state index contributed by atoms with van der Waals surface area (Å²) in [4.78, 5) is 24.6. The standard InChI is InChI=1S/C25H26N2O5S/c1-18(28)19-9-11-22(12-10-19)33(30,31)27-15-13-21(14-16-27)25(29)26-24(23-8-5-17-32-23)20-6-3-2-4-7-20/h2-12,17,21,24H,13-16H2,1H3,(H,26,29). The Hall–Kier alpha value is -3.23. The van der Waals surface area contributed by atoms with E-state index in [9.17, 15) is 18.0 Å². The molecule has 1 fully saturated rings. The molecule has 1 unspecified atom stereocenters. The molecule has 1 amide bonds. The number of ketones is 1. The van der Waals surface area contributed by atoms with Gasteiger partial charge in [-0.2, -0.15) is 4.31 Å². The highest BCUT2D eigenvalue weighted by Crippen LogP contribution is 2.27. The molecule has 33 heavy (non-hydrogen) atoms. The number of rotatable bonds is 7. The van der Waals surface area contributed by atoms with Gasteiger partial charge in [0.1, 0.15) is 11.8 Å². The zero-order chi connectivity index (χ0) is 23.4. The van der Waals surface area contributed by atoms with E-state index < -0.39 is 16.1 Å². The highest BCUT2D eigenvalue weighted by Gasteiger charge is 2.33. The van der Waals surface area contributed by atoms with Gasteiger partial charge in [-0.1, -0.05) is 42.5 Å². The SMILES string of the molecule is CC(=O)c1ccc(S(=O)(=O)N2CCC(C(=O)NC(c3ccccc3)c3ccco3)CC2)cc1. The molecule has 8 heteroatoms. The van der Waals surface area contributed by atoms with Crippen LogP contribution in [-0.2, 0) is 14.8 Å². The van der Waals surface area contributed by atoms with Gasteiger partial charge in [-0.15, -0.1) is 0 Å². The Labute approximate surface area is 193 Å². The van der Waals surface area contributed by atoms with Crippen molar-refractivity contribution in [2.75, 3.05) is 13.1 Å². The predicted molar refractivity (Wildman–Crippen MR) is 123 cm³/mol. The van der Waals surface area contributed by atoms with E-state index >= 15 is 0 Å². The number of hydrogen-bond donors (Lipinski definition) is 1. The Balaban J connectivity index is 1.41. The third-order valence-corrected chi connectivity index (χ3v) is 7.88. The average Bonchev–Trinajstić information content (AvgIpc) is 3.38. The minimum absolute atomic E-state index is 0.117. The molecule has 1 saturated heterocycles. The number of piperidine rings is 1. The quantitative estimate of drug-likeness (QED) is 0.535. The van der Waals surface area contributed by atoms with Crippen LogP contribution in [0.5, 0.6) is 0 Å². The molecule has 1 atom stereocenters. The minimum atomic E-state index is -3.68. The lowest BCUT2D eigenvalue weighted by atomic mass is 9.95. The summed E-state index contributed by atoms with van der Waals surface area (Å²) in [5.41, 5.74) is 1.38. The number of nitrogens with one attached hydrogen (secondary N) is 1. The molecular weight excluding hydrogens is 440 g/mol. The van der Waals surface area contributed by atoms with Gasteiger partial charge in [0.2, 0.25) is 15.9 Å². The Morgan fingerprint density at radius 1 is 0.970 bits per heavy atom. The van der Waals surface area contributed by atoms with Gasteiger partial charge in [0.25, 0.3) is 0 Å². The number of benzene rings is 2. The van der Waals surface area contributed by atoms with Crippen molar-refractivity contribution in [2.24, 2.45) is 5.92 Å². The smallest absolute Gasteiger partial charge is 0.243 e. The molecule has 0 bridgehead atoms. The molecule has 1 aromatic heterocycles. The normalized spacial score (nSPS) is 16.3. The second kappa shape index (κ2) is 9.72. The maximum Gasteiger partial charge on any atom is 0.243 e. The van der Waals surface area contributed by atoms with E-state index in [4.69, 9.17) is 4.42 Å². The number of carbonyl (C=O) groups excluding carboxylic acids is 2. The first kappa shape index (κ1) is 22.9. The molecule has 1 aliphatic rings. The molecule has 172 valence electrons. The predicted octanol–water partition coefficient (Wildman–Crippen LogP) is 3.79. The number of amides is 1. The molecule has 0 radical (unpaired) electrons. The van der Waals surface area contributed by atoms with Crippen LogP contribution < -0.4 is 5.32 Å². The highest BCUT2D eigenvalue weighted by molar-refractivity contribution is 7.89. The molecule has 2 aromatic carbocycles. The number of carbonyl (C=O) groups is 2. The van der Waals surface area contributed by atoms with Crippen molar-refractivity contribution in [3.8, 4) is 0 Å². The Morgan fingerprint density at radius 3 is 2.21 bits per heavy atom. The fourth-order valence-electron chi connectivity index (χ4n) is 4.05. The summed E-state index contributed by atoms with van der Waals surface area (Å²) in [6, 6.07) is 18.7. The molecule has 4 rings (SSSR count). The van der Waals surface area contributed by atoms with E-state index in [1.165, 1.54) is 35.5 Å². The second-order valence-electron chi connectivity index (χ2n) is 8.13. The van der Waals surface area contributed by atoms with Gasteiger partial charge < -0.3 is 9.73 Å². The van der Waals surface area contributed by atoms with Gasteiger partial charge >= 0.3 is 0 Å². The van der Waals surface area contributed by atoms with E-state index in [0.29, 0.717) is 24.2 Å². The zero-order valence-electron chi connectivity index (χ0n) is 18.3. The van der Waals surface area contributed by atoms with Crippen LogP contribution in [0.3, 0.4) is 0 Å². The Kier molecular flexibility index (Phi) is 6.76. The lowest BCUT2D eigenvalue weighted by Gasteiger charge is -2.31. The summed E-state index contributed by atoms with van der Waals surface area (Å²) in [6.45, 7) is 1.95. The average molecular weight is 467 g/mol. The van der Waals surface area contributed by atoms with Gasteiger partial charge in [0, 0.05) is 24.6 Å².